The van der Waals surface area contributed by atoms with Crippen molar-refractivity contribution in [3.05, 3.63) is 45.3 Å². The molecule has 2 aromatic carbocycles. The summed E-state index contributed by atoms with van der Waals surface area (Å²) < 4.78 is 37.4. The van der Waals surface area contributed by atoms with E-state index in [0.29, 0.717) is 15.7 Å². The molecule has 0 unspecified atom stereocenters. The first-order chi connectivity index (χ1) is 9.97. The first-order valence-corrected chi connectivity index (χ1v) is 10.3. The minimum atomic E-state index is -3.69. The van der Waals surface area contributed by atoms with Crippen LogP contribution in [0.3, 0.4) is 0 Å². The quantitative estimate of drug-likeness (QED) is 0.567. The third kappa shape index (κ3) is 3.07. The van der Waals surface area contributed by atoms with E-state index in [1.807, 2.05) is 6.07 Å². The van der Waals surface area contributed by atoms with Crippen molar-refractivity contribution in [1.29, 1.82) is 0 Å². The Morgan fingerprint density at radius 3 is 2.67 bits per heavy atom. The van der Waals surface area contributed by atoms with Gasteiger partial charge in [0.1, 0.15) is 0 Å². The summed E-state index contributed by atoms with van der Waals surface area (Å²) in [5.74, 6) is 0. The maximum atomic E-state index is 12.5. The molecular weight excluding hydrogens is 489 g/mol. The van der Waals surface area contributed by atoms with E-state index in [0.717, 1.165) is 9.99 Å². The third-order valence-electron chi connectivity index (χ3n) is 2.71. The first-order valence-electron chi connectivity index (χ1n) is 5.66. The van der Waals surface area contributed by atoms with Crippen LogP contribution in [0.4, 0.5) is 5.69 Å². The maximum absolute atomic E-state index is 12.5. The molecule has 0 aliphatic heterocycles. The van der Waals surface area contributed by atoms with Crippen LogP contribution in [0.2, 0.25) is 0 Å². The Hall–Kier alpha value is -0.731. The van der Waals surface area contributed by atoms with Gasteiger partial charge >= 0.3 is 145 Å². The van der Waals surface area contributed by atoms with E-state index in [1.165, 1.54) is 6.07 Å². The number of fused-ring (bicyclic) bond motifs is 1. The van der Waals surface area contributed by atoms with Crippen molar-refractivity contribution in [2.24, 2.45) is 0 Å². The van der Waals surface area contributed by atoms with Gasteiger partial charge < -0.3 is 0 Å². The van der Waals surface area contributed by atoms with E-state index in [9.17, 15) is 8.42 Å². The van der Waals surface area contributed by atoms with Crippen LogP contribution < -0.4 is 4.72 Å². The Kier molecular flexibility index (Phi) is 4.20. The van der Waals surface area contributed by atoms with Crippen LogP contribution in [-0.4, -0.2) is 31.3 Å². The molecule has 0 saturated heterocycles. The fraction of sp³-hybridized carbons (Fsp3) is 0. The SMILES string of the molecule is O=S(=O)(Nc1cccc2n[se]nc12)c1ccc(Br)cc1Br. The van der Waals surface area contributed by atoms with Gasteiger partial charge in [-0.3, -0.25) is 0 Å². The van der Waals surface area contributed by atoms with Crippen molar-refractivity contribution in [2.45, 2.75) is 4.90 Å². The number of nitrogens with zero attached hydrogens (tertiary/aromatic N) is 2. The standard InChI is InChI=1S/C12H7Br2N3O2SSe/c13-7-4-5-11(8(14)6-7)20(18,19)15-9-2-1-3-10-12(9)17-21-16-10/h1-6,15H. The number of benzene rings is 2. The second kappa shape index (κ2) is 5.81. The second-order valence-electron chi connectivity index (χ2n) is 4.12. The Bertz CT molecular complexity index is 927. The second-order valence-corrected chi connectivity index (χ2v) is 8.65. The average molecular weight is 496 g/mol. The molecule has 3 aromatic rings. The fourth-order valence-electron chi connectivity index (χ4n) is 1.78. The van der Waals surface area contributed by atoms with E-state index in [1.54, 1.807) is 24.3 Å². The van der Waals surface area contributed by atoms with Crippen LogP contribution in [0.5, 0.6) is 0 Å². The van der Waals surface area contributed by atoms with Gasteiger partial charge in [-0.25, -0.2) is 0 Å². The molecule has 0 spiro atoms. The zero-order chi connectivity index (χ0) is 15.0. The molecule has 1 N–H and O–H groups in total. The molecule has 1 heterocycles. The van der Waals surface area contributed by atoms with Gasteiger partial charge in [0.05, 0.1) is 0 Å². The molecule has 0 aliphatic carbocycles. The van der Waals surface area contributed by atoms with E-state index < -0.39 is 10.0 Å². The minimum absolute atomic E-state index is 0.170. The number of nitrogens with one attached hydrogen (secondary N) is 1. The summed E-state index contributed by atoms with van der Waals surface area (Å²) in [4.78, 5) is 0.170. The Balaban J connectivity index is 2.05. The van der Waals surface area contributed by atoms with E-state index in [-0.39, 0.29) is 19.9 Å². The summed E-state index contributed by atoms with van der Waals surface area (Å²) >= 11 is 6.36. The molecule has 0 radical (unpaired) electrons. The predicted octanol–water partition coefficient (Wildman–Crippen LogP) is 3.01. The molecule has 5 nitrogen and oxygen atoms in total. The van der Waals surface area contributed by atoms with Gasteiger partial charge in [0.2, 0.25) is 0 Å². The molecule has 1 aromatic heterocycles. The van der Waals surface area contributed by atoms with E-state index in [2.05, 4.69) is 44.5 Å². The Morgan fingerprint density at radius 1 is 1.10 bits per heavy atom. The van der Waals surface area contributed by atoms with Crippen LogP contribution in [0.15, 0.2) is 50.2 Å². The predicted molar refractivity (Wildman–Crippen MR) is 89.1 cm³/mol. The summed E-state index contributed by atoms with van der Waals surface area (Å²) in [6.07, 6.45) is 0. The molecule has 108 valence electrons. The number of aromatic nitrogens is 2. The number of hydrogen-bond acceptors (Lipinski definition) is 4. The first kappa shape index (κ1) is 15.2. The van der Waals surface area contributed by atoms with Crippen molar-refractivity contribution in [3.63, 3.8) is 0 Å². The van der Waals surface area contributed by atoms with E-state index in [4.69, 9.17) is 0 Å². The molecule has 0 bridgehead atoms. The van der Waals surface area contributed by atoms with Gasteiger partial charge in [-0.1, -0.05) is 0 Å². The topological polar surface area (TPSA) is 72.0 Å². The van der Waals surface area contributed by atoms with Crippen molar-refractivity contribution in [2.75, 3.05) is 4.72 Å². The van der Waals surface area contributed by atoms with Crippen molar-refractivity contribution in [3.8, 4) is 0 Å². The number of rotatable bonds is 3. The molecule has 0 fully saturated rings. The molecule has 9 heteroatoms. The average Bonchev–Trinajstić information content (AvgIpc) is 2.87. The molecule has 0 atom stereocenters. The number of halogens is 2. The van der Waals surface area contributed by atoms with Gasteiger partial charge in [0, 0.05) is 0 Å². The van der Waals surface area contributed by atoms with Crippen LogP contribution in [0.1, 0.15) is 0 Å². The van der Waals surface area contributed by atoms with Gasteiger partial charge in [-0.15, -0.1) is 0 Å². The van der Waals surface area contributed by atoms with Gasteiger partial charge in [0.15, 0.2) is 0 Å². The van der Waals surface area contributed by atoms with Gasteiger partial charge in [0.25, 0.3) is 0 Å². The molecule has 0 aliphatic rings. The Labute approximate surface area is 144 Å². The summed E-state index contributed by atoms with van der Waals surface area (Å²) in [5, 5.41) is 0. The molecular formula is C12H7Br2N3O2SSe. The van der Waals surface area contributed by atoms with Crippen molar-refractivity contribution in [1.82, 2.24) is 7.96 Å². The fourth-order valence-corrected chi connectivity index (χ4v) is 5.75. The molecule has 0 amide bonds. The number of anilines is 1. The summed E-state index contributed by atoms with van der Waals surface area (Å²) in [6.45, 7) is 0. The van der Waals surface area contributed by atoms with Crippen molar-refractivity contribution < 1.29 is 8.42 Å². The van der Waals surface area contributed by atoms with Gasteiger partial charge in [-0.05, 0) is 0 Å². The summed E-state index contributed by atoms with van der Waals surface area (Å²) in [5.41, 5.74) is 1.78. The van der Waals surface area contributed by atoms with Crippen molar-refractivity contribution >= 4 is 73.6 Å². The van der Waals surface area contributed by atoms with E-state index >= 15 is 0 Å². The molecule has 21 heavy (non-hydrogen) atoms. The molecule has 0 saturated carbocycles. The third-order valence-corrected chi connectivity index (χ3v) is 6.69. The normalized spacial score (nSPS) is 11.7. The van der Waals surface area contributed by atoms with Crippen LogP contribution in [0.25, 0.3) is 11.0 Å². The zero-order valence-electron chi connectivity index (χ0n) is 10.2. The number of hydrogen-bond donors (Lipinski definition) is 1. The number of sulfonamides is 1. The van der Waals surface area contributed by atoms with Crippen LogP contribution >= 0.6 is 31.9 Å². The zero-order valence-corrected chi connectivity index (χ0v) is 15.9. The summed E-state index contributed by atoms with van der Waals surface area (Å²) in [6, 6.07) is 10.2. The van der Waals surface area contributed by atoms with Crippen LogP contribution in [0, 0.1) is 0 Å². The van der Waals surface area contributed by atoms with Gasteiger partial charge in [-0.2, -0.15) is 0 Å². The van der Waals surface area contributed by atoms with Crippen LogP contribution in [-0.2, 0) is 10.0 Å². The Morgan fingerprint density at radius 2 is 1.90 bits per heavy atom. The monoisotopic (exact) mass is 495 g/mol. The summed E-state index contributed by atoms with van der Waals surface area (Å²) in [7, 11) is -3.69. The molecule has 3 rings (SSSR count).